The molecule has 0 saturated heterocycles. The Kier molecular flexibility index (Phi) is 10.5. The Hall–Kier alpha value is -5.55. The molecule has 0 aliphatic carbocycles. The number of hydrogen-bond donors (Lipinski definition) is 3. The molecule has 1 atom stereocenters. The summed E-state index contributed by atoms with van der Waals surface area (Å²) in [5.74, 6) is -0.447. The molecule has 0 unspecified atom stereocenters. The number of esters is 1. The summed E-state index contributed by atoms with van der Waals surface area (Å²) in [4.78, 5) is 52.7. The van der Waals surface area contributed by atoms with Crippen LogP contribution in [0.15, 0.2) is 79.1 Å². The predicted molar refractivity (Wildman–Crippen MR) is 199 cm³/mol. The second-order valence-electron chi connectivity index (χ2n) is 12.8. The number of ether oxygens (including phenoxy) is 1. The number of aromatic nitrogens is 2. The van der Waals surface area contributed by atoms with Gasteiger partial charge in [0.1, 0.15) is 17.1 Å². The van der Waals surface area contributed by atoms with Gasteiger partial charge in [-0.2, -0.15) is 0 Å². The van der Waals surface area contributed by atoms with Crippen LogP contribution < -0.4 is 15.5 Å². The predicted octanol–water partition coefficient (Wildman–Crippen LogP) is 7.19. The minimum Gasteiger partial charge on any atom is -0.507 e. The number of anilines is 3. The van der Waals surface area contributed by atoms with Crippen LogP contribution in [0.25, 0.3) is 21.9 Å². The van der Waals surface area contributed by atoms with Crippen molar-refractivity contribution in [2.45, 2.75) is 38.0 Å². The van der Waals surface area contributed by atoms with E-state index < -0.39 is 5.97 Å². The second kappa shape index (κ2) is 15.1. The molecule has 1 aliphatic rings. The summed E-state index contributed by atoms with van der Waals surface area (Å²) in [5.41, 5.74) is 5.36. The van der Waals surface area contributed by atoms with Gasteiger partial charge in [0.05, 0.1) is 18.5 Å². The Morgan fingerprint density at radius 1 is 0.824 bits per heavy atom. The quantitative estimate of drug-likeness (QED) is 0.0714. The van der Waals surface area contributed by atoms with Gasteiger partial charge in [0.25, 0.3) is 5.91 Å². The average molecular weight is 710 g/mol. The van der Waals surface area contributed by atoms with Gasteiger partial charge < -0.3 is 34.5 Å². The molecule has 0 radical (unpaired) electrons. The van der Waals surface area contributed by atoms with Crippen molar-refractivity contribution < 1.29 is 29.0 Å². The van der Waals surface area contributed by atoms with Gasteiger partial charge in [0, 0.05) is 80.4 Å². The number of carbonyl (C=O) groups excluding carboxylic acids is 4. The lowest BCUT2D eigenvalue weighted by molar-refractivity contribution is -0.118. The Morgan fingerprint density at radius 3 is 2.25 bits per heavy atom. The van der Waals surface area contributed by atoms with Crippen molar-refractivity contribution in [2.75, 3.05) is 35.1 Å². The molecular formula is C39H40ClN5O6. The first-order valence-electron chi connectivity index (χ1n) is 16.8. The van der Waals surface area contributed by atoms with E-state index in [0.717, 1.165) is 33.2 Å². The topological polar surface area (TPSA) is 135 Å². The lowest BCUT2D eigenvalue weighted by Gasteiger charge is -2.18. The molecule has 0 saturated carbocycles. The lowest BCUT2D eigenvalue weighted by Crippen LogP contribution is -2.29. The summed E-state index contributed by atoms with van der Waals surface area (Å²) in [5, 5.41) is 18.0. The third-order valence-electron chi connectivity index (χ3n) is 9.32. The third-order valence-corrected chi connectivity index (χ3v) is 9.70. The fraction of sp³-hybridized carbons (Fsp3) is 0.282. The SMILES string of the molecule is COC(=O)c1cc(-c2ccc(NC(=O)c3cc(NC(=O)CCCCCC(=O)N4C[C@@H](CCl)c5c4cc(O)c4ccccc54)cn3C)cc2)cn1C. The number of methoxy groups -OCH3 is 1. The highest BCUT2D eigenvalue weighted by Crippen LogP contribution is 2.45. The smallest absolute Gasteiger partial charge is 0.354 e. The fourth-order valence-corrected chi connectivity index (χ4v) is 6.97. The number of hydrogen-bond acceptors (Lipinski definition) is 6. The summed E-state index contributed by atoms with van der Waals surface area (Å²) in [6.07, 6.45) is 6.05. The van der Waals surface area contributed by atoms with Gasteiger partial charge in [-0.1, -0.05) is 42.8 Å². The number of phenolic OH excluding ortho intramolecular Hbond substituents is 1. The second-order valence-corrected chi connectivity index (χ2v) is 13.1. The zero-order chi connectivity index (χ0) is 36.2. The molecule has 2 aromatic heterocycles. The number of carbonyl (C=O) groups is 4. The first-order valence-corrected chi connectivity index (χ1v) is 17.3. The number of rotatable bonds is 12. The minimum absolute atomic E-state index is 0.0127. The Balaban J connectivity index is 0.963. The van der Waals surface area contributed by atoms with Crippen LogP contribution in [0.2, 0.25) is 0 Å². The maximum atomic E-state index is 13.2. The maximum Gasteiger partial charge on any atom is 0.354 e. The number of halogens is 1. The average Bonchev–Trinajstić information content (AvgIpc) is 3.82. The van der Waals surface area contributed by atoms with Crippen molar-refractivity contribution in [1.29, 1.82) is 0 Å². The Labute approximate surface area is 300 Å². The number of nitrogens with zero attached hydrogens (tertiary/aromatic N) is 3. The molecule has 51 heavy (non-hydrogen) atoms. The molecule has 6 rings (SSSR count). The van der Waals surface area contributed by atoms with Gasteiger partial charge in [0.15, 0.2) is 0 Å². The molecule has 1 aliphatic heterocycles. The molecule has 3 N–H and O–H groups in total. The molecule has 0 spiro atoms. The van der Waals surface area contributed by atoms with E-state index in [0.29, 0.717) is 60.9 Å². The number of unbranched alkanes of at least 4 members (excludes halogenated alkanes) is 2. The van der Waals surface area contributed by atoms with E-state index in [4.69, 9.17) is 16.3 Å². The van der Waals surface area contributed by atoms with Crippen LogP contribution in [0.4, 0.5) is 17.1 Å². The summed E-state index contributed by atoms with van der Waals surface area (Å²) in [6.45, 7) is 0.478. The van der Waals surface area contributed by atoms with Crippen LogP contribution in [-0.4, -0.2) is 57.5 Å². The molecule has 11 nitrogen and oxygen atoms in total. The van der Waals surface area contributed by atoms with Gasteiger partial charge in [-0.3, -0.25) is 14.4 Å². The molecule has 264 valence electrons. The molecule has 0 fully saturated rings. The maximum absolute atomic E-state index is 13.2. The van der Waals surface area contributed by atoms with Crippen LogP contribution in [0.3, 0.4) is 0 Å². The van der Waals surface area contributed by atoms with Crippen molar-refractivity contribution >= 4 is 63.1 Å². The van der Waals surface area contributed by atoms with E-state index in [9.17, 15) is 24.3 Å². The van der Waals surface area contributed by atoms with Crippen molar-refractivity contribution in [3.63, 3.8) is 0 Å². The standard InChI is InChI=1S/C39H40ClN5O6/c1-43-21-25(17-33(43)39(50)51-3)24-13-15-27(16-14-24)42-38(49)32-18-28(23-44(32)2)41-35(47)11-5-4-6-12-36(48)45-22-26(20-40)37-30-10-8-7-9-29(30)34(46)19-31(37)45/h7-10,13-19,21,23,26,46H,4-6,11-12,20,22H2,1-3H3,(H,41,47)(H,42,49)/t26-/m1/s1. The van der Waals surface area contributed by atoms with Crippen molar-refractivity contribution in [3.8, 4) is 16.9 Å². The lowest BCUT2D eigenvalue weighted by atomic mass is 9.95. The van der Waals surface area contributed by atoms with E-state index >= 15 is 0 Å². The van der Waals surface area contributed by atoms with Crippen molar-refractivity contribution in [1.82, 2.24) is 9.13 Å². The number of aromatic hydroxyl groups is 1. The molecule has 0 bridgehead atoms. The molecule has 12 heteroatoms. The monoisotopic (exact) mass is 709 g/mol. The van der Waals surface area contributed by atoms with E-state index in [1.165, 1.54) is 7.11 Å². The number of alkyl halides is 1. The summed E-state index contributed by atoms with van der Waals surface area (Å²) in [6, 6.07) is 19.9. The van der Waals surface area contributed by atoms with Crippen LogP contribution >= 0.6 is 11.6 Å². The van der Waals surface area contributed by atoms with Crippen molar-refractivity contribution in [3.05, 3.63) is 96.1 Å². The number of benzene rings is 3. The van der Waals surface area contributed by atoms with Crippen LogP contribution in [0.1, 0.15) is 64.6 Å². The number of aryl methyl sites for hydroxylation is 2. The number of fused-ring (bicyclic) bond motifs is 3. The van der Waals surface area contributed by atoms with Gasteiger partial charge in [-0.15, -0.1) is 11.6 Å². The summed E-state index contributed by atoms with van der Waals surface area (Å²) < 4.78 is 8.18. The molecular weight excluding hydrogens is 670 g/mol. The van der Waals surface area contributed by atoms with E-state index in [-0.39, 0.29) is 35.8 Å². The van der Waals surface area contributed by atoms with Gasteiger partial charge >= 0.3 is 5.97 Å². The normalized spacial score (nSPS) is 13.6. The summed E-state index contributed by atoms with van der Waals surface area (Å²) >= 11 is 6.30. The minimum atomic E-state index is -0.418. The van der Waals surface area contributed by atoms with Crippen molar-refractivity contribution in [2.24, 2.45) is 14.1 Å². The van der Waals surface area contributed by atoms with E-state index in [1.807, 2.05) is 42.6 Å². The molecule has 5 aromatic rings. The zero-order valence-electron chi connectivity index (χ0n) is 28.7. The van der Waals surface area contributed by atoms with Crippen LogP contribution in [0, 0.1) is 0 Å². The highest BCUT2D eigenvalue weighted by atomic mass is 35.5. The zero-order valence-corrected chi connectivity index (χ0v) is 29.5. The van der Waals surface area contributed by atoms with Gasteiger partial charge in [0.2, 0.25) is 11.8 Å². The van der Waals surface area contributed by atoms with E-state index in [1.54, 1.807) is 64.7 Å². The number of amides is 3. The van der Waals surface area contributed by atoms with E-state index in [2.05, 4.69) is 10.6 Å². The third kappa shape index (κ3) is 7.48. The fourth-order valence-electron chi connectivity index (χ4n) is 6.72. The summed E-state index contributed by atoms with van der Waals surface area (Å²) in [7, 11) is 4.85. The molecule has 3 amide bonds. The first kappa shape index (κ1) is 35.3. The molecule has 3 aromatic carbocycles. The van der Waals surface area contributed by atoms with Gasteiger partial charge in [-0.05, 0) is 53.6 Å². The largest absolute Gasteiger partial charge is 0.507 e. The van der Waals surface area contributed by atoms with Crippen LogP contribution in [-0.2, 0) is 28.4 Å². The Morgan fingerprint density at radius 2 is 1.53 bits per heavy atom. The highest BCUT2D eigenvalue weighted by Gasteiger charge is 2.34. The van der Waals surface area contributed by atoms with Crippen LogP contribution in [0.5, 0.6) is 5.75 Å². The highest BCUT2D eigenvalue weighted by molar-refractivity contribution is 6.19. The van der Waals surface area contributed by atoms with Gasteiger partial charge in [-0.25, -0.2) is 4.79 Å². The first-order chi connectivity index (χ1) is 24.6. The molecule has 3 heterocycles. The Bertz CT molecular complexity index is 2120. The number of phenols is 1. The number of nitrogens with one attached hydrogen (secondary N) is 2.